The molecule has 1 fully saturated rings. The van der Waals surface area contributed by atoms with Crippen molar-refractivity contribution >= 4 is 23.2 Å². The summed E-state index contributed by atoms with van der Waals surface area (Å²) in [6.45, 7) is 0. The number of hydrogen-bond acceptors (Lipinski definition) is 2. The Balaban J connectivity index is 1.97. The average molecular weight is 270 g/mol. The monoisotopic (exact) mass is 269 g/mol. The molecule has 0 radical (unpaired) electrons. The second-order valence-electron chi connectivity index (χ2n) is 4.49. The lowest BCUT2D eigenvalue weighted by molar-refractivity contribution is 0.183. The molecular formula is C13H13Cl2NO. The van der Waals surface area contributed by atoms with Gasteiger partial charge < -0.3 is 5.11 Å². The highest BCUT2D eigenvalue weighted by Crippen LogP contribution is 2.54. The quantitative estimate of drug-likeness (QED) is 0.852. The number of aliphatic hydroxyl groups excluding tert-OH is 1. The van der Waals surface area contributed by atoms with E-state index in [4.69, 9.17) is 28.5 Å². The summed E-state index contributed by atoms with van der Waals surface area (Å²) in [4.78, 5) is 0. The van der Waals surface area contributed by atoms with Crippen molar-refractivity contribution in [1.29, 1.82) is 5.26 Å². The summed E-state index contributed by atoms with van der Waals surface area (Å²) in [7, 11) is 0. The molecule has 2 unspecified atom stereocenters. The van der Waals surface area contributed by atoms with Crippen LogP contribution in [0.4, 0.5) is 0 Å². The Morgan fingerprint density at radius 2 is 2.00 bits per heavy atom. The summed E-state index contributed by atoms with van der Waals surface area (Å²) in [5.41, 5.74) is 1.93. The molecule has 1 aliphatic rings. The van der Waals surface area contributed by atoms with Crippen LogP contribution >= 0.6 is 23.2 Å². The van der Waals surface area contributed by atoms with E-state index in [0.29, 0.717) is 5.92 Å². The van der Waals surface area contributed by atoms with Crippen molar-refractivity contribution in [2.24, 2.45) is 5.92 Å². The highest BCUT2D eigenvalue weighted by atomic mass is 35.5. The summed E-state index contributed by atoms with van der Waals surface area (Å²) >= 11 is 11.9. The van der Waals surface area contributed by atoms with Crippen LogP contribution in [0.15, 0.2) is 24.3 Å². The highest BCUT2D eigenvalue weighted by Gasteiger charge is 2.51. The van der Waals surface area contributed by atoms with Gasteiger partial charge in [-0.1, -0.05) is 24.3 Å². The molecule has 0 aliphatic heterocycles. The zero-order valence-electron chi connectivity index (χ0n) is 9.24. The molecule has 1 aromatic carbocycles. The fraction of sp³-hybridized carbons (Fsp3) is 0.462. The minimum absolute atomic E-state index is 0.119. The van der Waals surface area contributed by atoms with Crippen LogP contribution in [0.3, 0.4) is 0 Å². The molecule has 2 nitrogen and oxygen atoms in total. The maximum Gasteiger partial charge on any atom is 0.121 e. The van der Waals surface area contributed by atoms with Gasteiger partial charge in [0.15, 0.2) is 0 Å². The van der Waals surface area contributed by atoms with Gasteiger partial charge in [-0.3, -0.25) is 0 Å². The van der Waals surface area contributed by atoms with Gasteiger partial charge in [0.2, 0.25) is 0 Å². The second kappa shape index (κ2) is 4.86. The molecule has 0 spiro atoms. The summed E-state index contributed by atoms with van der Waals surface area (Å²) in [5.74, 6) is 0.334. The molecule has 1 N–H and O–H groups in total. The molecule has 1 saturated carbocycles. The molecule has 0 bridgehead atoms. The van der Waals surface area contributed by atoms with Gasteiger partial charge in [-0.2, -0.15) is 5.26 Å². The van der Waals surface area contributed by atoms with Gasteiger partial charge >= 0.3 is 0 Å². The zero-order chi connectivity index (χ0) is 12.5. The van der Waals surface area contributed by atoms with Crippen molar-refractivity contribution in [3.63, 3.8) is 0 Å². The van der Waals surface area contributed by atoms with Crippen LogP contribution in [-0.4, -0.2) is 9.44 Å². The Morgan fingerprint density at radius 1 is 1.41 bits per heavy atom. The van der Waals surface area contributed by atoms with E-state index in [1.165, 1.54) is 0 Å². The average Bonchev–Trinajstić information content (AvgIpc) is 2.87. The van der Waals surface area contributed by atoms with Gasteiger partial charge in [-0.25, -0.2) is 0 Å². The number of nitriles is 1. The van der Waals surface area contributed by atoms with Crippen molar-refractivity contribution in [2.75, 3.05) is 0 Å². The fourth-order valence-electron chi connectivity index (χ4n) is 1.86. The minimum atomic E-state index is -0.699. The number of benzene rings is 1. The van der Waals surface area contributed by atoms with Crippen LogP contribution in [0.2, 0.25) is 0 Å². The van der Waals surface area contributed by atoms with E-state index in [1.807, 2.05) is 30.3 Å². The molecule has 2 atom stereocenters. The van der Waals surface area contributed by atoms with E-state index < -0.39 is 10.4 Å². The molecule has 0 amide bonds. The van der Waals surface area contributed by atoms with Crippen molar-refractivity contribution in [2.45, 2.75) is 29.7 Å². The molecule has 0 aromatic heterocycles. The summed E-state index contributed by atoms with van der Waals surface area (Å²) in [6, 6.07) is 9.56. The predicted octanol–water partition coefficient (Wildman–Crippen LogP) is 3.37. The standard InChI is InChI=1S/C13H13Cl2NO/c14-13(15)8-11(13)7-9-1-3-10(4-2-9)12(17)5-6-16/h1-4,11-12,17H,5,7-8H2. The maximum atomic E-state index is 9.62. The largest absolute Gasteiger partial charge is 0.387 e. The van der Waals surface area contributed by atoms with Gasteiger partial charge in [0.05, 0.1) is 18.6 Å². The Bertz CT molecular complexity index is 436. The molecule has 90 valence electrons. The van der Waals surface area contributed by atoms with Crippen molar-refractivity contribution in [1.82, 2.24) is 0 Å². The first-order valence-electron chi connectivity index (χ1n) is 5.54. The third-order valence-corrected chi connectivity index (χ3v) is 4.01. The van der Waals surface area contributed by atoms with Gasteiger partial charge in [0.25, 0.3) is 0 Å². The predicted molar refractivity (Wildman–Crippen MR) is 67.9 cm³/mol. The molecule has 0 heterocycles. The van der Waals surface area contributed by atoms with Crippen molar-refractivity contribution < 1.29 is 5.11 Å². The molecule has 1 aliphatic carbocycles. The first kappa shape index (κ1) is 12.7. The molecule has 0 saturated heterocycles. The number of aliphatic hydroxyl groups is 1. The molecular weight excluding hydrogens is 257 g/mol. The maximum absolute atomic E-state index is 9.62. The van der Waals surface area contributed by atoms with Crippen LogP contribution in [0.25, 0.3) is 0 Å². The molecule has 2 rings (SSSR count). The first-order valence-corrected chi connectivity index (χ1v) is 6.30. The lowest BCUT2D eigenvalue weighted by Crippen LogP contribution is -1.98. The highest BCUT2D eigenvalue weighted by molar-refractivity contribution is 6.50. The van der Waals surface area contributed by atoms with Crippen LogP contribution in [0.1, 0.15) is 30.1 Å². The Hall–Kier alpha value is -0.750. The van der Waals surface area contributed by atoms with Crippen LogP contribution in [-0.2, 0) is 6.42 Å². The van der Waals surface area contributed by atoms with E-state index in [0.717, 1.165) is 24.0 Å². The normalized spacial score (nSPS) is 22.8. The van der Waals surface area contributed by atoms with Gasteiger partial charge in [-0.05, 0) is 29.9 Å². The first-order chi connectivity index (χ1) is 8.03. The molecule has 17 heavy (non-hydrogen) atoms. The van der Waals surface area contributed by atoms with E-state index >= 15 is 0 Å². The number of rotatable bonds is 4. The topological polar surface area (TPSA) is 44.0 Å². The van der Waals surface area contributed by atoms with Gasteiger partial charge in [-0.15, -0.1) is 23.2 Å². The second-order valence-corrected chi connectivity index (χ2v) is 6.03. The number of halogens is 2. The third-order valence-electron chi connectivity index (χ3n) is 3.09. The smallest absolute Gasteiger partial charge is 0.121 e. The van der Waals surface area contributed by atoms with Gasteiger partial charge in [0, 0.05) is 0 Å². The fourth-order valence-corrected chi connectivity index (χ4v) is 2.38. The van der Waals surface area contributed by atoms with E-state index in [9.17, 15) is 5.11 Å². The molecule has 1 aromatic rings. The molecule has 4 heteroatoms. The van der Waals surface area contributed by atoms with Crippen LogP contribution < -0.4 is 0 Å². The van der Waals surface area contributed by atoms with E-state index in [1.54, 1.807) is 0 Å². The third kappa shape index (κ3) is 3.13. The zero-order valence-corrected chi connectivity index (χ0v) is 10.7. The van der Waals surface area contributed by atoms with Crippen LogP contribution in [0, 0.1) is 17.2 Å². The van der Waals surface area contributed by atoms with Gasteiger partial charge in [0.1, 0.15) is 4.33 Å². The summed E-state index contributed by atoms with van der Waals surface area (Å²) < 4.78 is -0.543. The lowest BCUT2D eigenvalue weighted by Gasteiger charge is -2.08. The lowest BCUT2D eigenvalue weighted by atomic mass is 10.0. The number of hydrogen-bond donors (Lipinski definition) is 1. The minimum Gasteiger partial charge on any atom is -0.387 e. The van der Waals surface area contributed by atoms with Crippen molar-refractivity contribution in [3.8, 4) is 6.07 Å². The SMILES string of the molecule is N#CCC(O)c1ccc(CC2CC2(Cl)Cl)cc1. The Morgan fingerprint density at radius 3 is 2.47 bits per heavy atom. The van der Waals surface area contributed by atoms with Crippen molar-refractivity contribution in [3.05, 3.63) is 35.4 Å². The summed E-state index contributed by atoms with van der Waals surface area (Å²) in [5, 5.41) is 18.1. The Kier molecular flexibility index (Phi) is 3.63. The number of nitrogens with zero attached hydrogens (tertiary/aromatic N) is 1. The number of alkyl halides is 2. The van der Waals surface area contributed by atoms with E-state index in [-0.39, 0.29) is 6.42 Å². The Labute approximate surface area is 111 Å². The van der Waals surface area contributed by atoms with E-state index in [2.05, 4.69) is 0 Å². The summed E-state index contributed by atoms with van der Waals surface area (Å²) in [6.07, 6.45) is 1.13. The van der Waals surface area contributed by atoms with Crippen LogP contribution in [0.5, 0.6) is 0 Å².